The molecular weight excluding hydrogens is 247 g/mol. The lowest BCUT2D eigenvalue weighted by Crippen LogP contribution is -2.40. The number of benzene rings is 1. The fraction of sp³-hybridized carbons (Fsp3) is 0.429. The molecule has 1 aliphatic rings. The van der Waals surface area contributed by atoms with Crippen LogP contribution in [0, 0.1) is 12.7 Å². The Hall–Kier alpha value is -1.91. The van der Waals surface area contributed by atoms with Crippen LogP contribution in [0.25, 0.3) is 0 Å². The first kappa shape index (κ1) is 13.5. The lowest BCUT2D eigenvalue weighted by molar-refractivity contribution is -0.136. The van der Waals surface area contributed by atoms with Gasteiger partial charge in [0, 0.05) is 18.7 Å². The van der Waals surface area contributed by atoms with Gasteiger partial charge >= 0.3 is 0 Å². The van der Waals surface area contributed by atoms with Gasteiger partial charge in [-0.05, 0) is 37.5 Å². The highest BCUT2D eigenvalue weighted by atomic mass is 19.1. The average Bonchev–Trinajstić information content (AvgIpc) is 2.37. The third-order valence-electron chi connectivity index (χ3n) is 3.23. The van der Waals surface area contributed by atoms with Crippen molar-refractivity contribution in [3.8, 4) is 0 Å². The molecule has 0 radical (unpaired) electrons. The van der Waals surface area contributed by atoms with E-state index in [2.05, 4.69) is 5.32 Å². The van der Waals surface area contributed by atoms with Crippen molar-refractivity contribution in [1.82, 2.24) is 4.90 Å². The van der Waals surface area contributed by atoms with Gasteiger partial charge in [0.25, 0.3) is 0 Å². The van der Waals surface area contributed by atoms with E-state index in [1.165, 1.54) is 12.1 Å². The summed E-state index contributed by atoms with van der Waals surface area (Å²) < 4.78 is 13.1. The van der Waals surface area contributed by atoms with Gasteiger partial charge in [0.1, 0.15) is 5.82 Å². The summed E-state index contributed by atoms with van der Waals surface area (Å²) in [5, 5.41) is 2.65. The highest BCUT2D eigenvalue weighted by molar-refractivity contribution is 5.95. The van der Waals surface area contributed by atoms with Crippen molar-refractivity contribution in [2.75, 3.05) is 18.4 Å². The molecule has 0 atom stereocenters. The van der Waals surface area contributed by atoms with Crippen molar-refractivity contribution in [2.45, 2.75) is 26.2 Å². The predicted molar refractivity (Wildman–Crippen MR) is 70.2 cm³/mol. The van der Waals surface area contributed by atoms with E-state index in [9.17, 15) is 14.0 Å². The van der Waals surface area contributed by atoms with Crippen molar-refractivity contribution in [3.05, 3.63) is 29.6 Å². The van der Waals surface area contributed by atoms with Gasteiger partial charge in [0.15, 0.2) is 0 Å². The quantitative estimate of drug-likeness (QED) is 0.908. The Balaban J connectivity index is 1.97. The second-order valence-corrected chi connectivity index (χ2v) is 4.78. The van der Waals surface area contributed by atoms with Gasteiger partial charge in [-0.1, -0.05) is 6.07 Å². The van der Waals surface area contributed by atoms with Crippen molar-refractivity contribution in [2.24, 2.45) is 0 Å². The summed E-state index contributed by atoms with van der Waals surface area (Å²) in [6, 6.07) is 4.24. The zero-order valence-corrected chi connectivity index (χ0v) is 10.9. The van der Waals surface area contributed by atoms with Crippen LogP contribution < -0.4 is 5.32 Å². The molecule has 1 saturated heterocycles. The molecule has 1 aliphatic heterocycles. The lowest BCUT2D eigenvalue weighted by atomic mass is 10.1. The molecule has 2 rings (SSSR count). The Labute approximate surface area is 111 Å². The Morgan fingerprint density at radius 3 is 2.95 bits per heavy atom. The summed E-state index contributed by atoms with van der Waals surface area (Å²) in [4.78, 5) is 25.0. The summed E-state index contributed by atoms with van der Waals surface area (Å²) in [7, 11) is 0. The van der Waals surface area contributed by atoms with Crippen LogP contribution in [-0.2, 0) is 9.59 Å². The van der Waals surface area contributed by atoms with Crippen molar-refractivity contribution in [1.29, 1.82) is 0 Å². The van der Waals surface area contributed by atoms with Crippen molar-refractivity contribution >= 4 is 17.5 Å². The minimum atomic E-state index is -0.394. The SMILES string of the molecule is Cc1ccc(F)cc1NC(=O)CN1CCCCC1=O. The average molecular weight is 264 g/mol. The predicted octanol–water partition coefficient (Wildman–Crippen LogP) is 2.09. The van der Waals surface area contributed by atoms with Gasteiger partial charge < -0.3 is 10.2 Å². The molecule has 1 N–H and O–H groups in total. The number of carbonyl (C=O) groups excluding carboxylic acids is 2. The number of anilines is 1. The number of rotatable bonds is 3. The summed E-state index contributed by atoms with van der Waals surface area (Å²) in [5.41, 5.74) is 1.24. The monoisotopic (exact) mass is 264 g/mol. The van der Waals surface area contributed by atoms with Crippen molar-refractivity contribution < 1.29 is 14.0 Å². The molecule has 1 aromatic rings. The number of carbonyl (C=O) groups is 2. The maximum Gasteiger partial charge on any atom is 0.244 e. The fourth-order valence-corrected chi connectivity index (χ4v) is 2.12. The molecule has 102 valence electrons. The van der Waals surface area contributed by atoms with E-state index in [-0.39, 0.29) is 18.4 Å². The van der Waals surface area contributed by atoms with E-state index in [4.69, 9.17) is 0 Å². The second kappa shape index (κ2) is 5.82. The molecule has 19 heavy (non-hydrogen) atoms. The number of piperidine rings is 1. The number of aryl methyl sites for hydroxylation is 1. The summed E-state index contributed by atoms with van der Waals surface area (Å²) in [5.74, 6) is -0.670. The lowest BCUT2D eigenvalue weighted by Gasteiger charge is -2.26. The molecular formula is C14H17FN2O2. The molecule has 0 aromatic heterocycles. The summed E-state index contributed by atoms with van der Waals surface area (Å²) in [6.45, 7) is 2.45. The first-order chi connectivity index (χ1) is 9.06. The fourth-order valence-electron chi connectivity index (χ4n) is 2.12. The van der Waals surface area contributed by atoms with Crippen molar-refractivity contribution in [3.63, 3.8) is 0 Å². The van der Waals surface area contributed by atoms with Gasteiger partial charge in [0.2, 0.25) is 11.8 Å². The minimum absolute atomic E-state index is 0.0114. The van der Waals surface area contributed by atoms with E-state index in [0.29, 0.717) is 18.7 Å². The third kappa shape index (κ3) is 3.53. The van der Waals surface area contributed by atoms with E-state index in [1.54, 1.807) is 17.9 Å². The molecule has 0 spiro atoms. The summed E-state index contributed by atoms with van der Waals surface area (Å²) in [6.07, 6.45) is 2.32. The topological polar surface area (TPSA) is 49.4 Å². The van der Waals surface area contributed by atoms with Gasteiger partial charge in [-0.15, -0.1) is 0 Å². The molecule has 0 unspecified atom stereocenters. The van der Waals surface area contributed by atoms with E-state index in [0.717, 1.165) is 18.4 Å². The number of nitrogens with one attached hydrogen (secondary N) is 1. The molecule has 0 aliphatic carbocycles. The largest absolute Gasteiger partial charge is 0.333 e. The highest BCUT2D eigenvalue weighted by Crippen LogP contribution is 2.16. The van der Waals surface area contributed by atoms with Gasteiger partial charge in [0.05, 0.1) is 6.54 Å². The van der Waals surface area contributed by atoms with Gasteiger partial charge in [-0.25, -0.2) is 4.39 Å². The number of hydrogen-bond acceptors (Lipinski definition) is 2. The Morgan fingerprint density at radius 2 is 2.21 bits per heavy atom. The first-order valence-corrected chi connectivity index (χ1v) is 6.40. The molecule has 1 aromatic carbocycles. The summed E-state index contributed by atoms with van der Waals surface area (Å²) >= 11 is 0. The second-order valence-electron chi connectivity index (χ2n) is 4.78. The standard InChI is InChI=1S/C14H17FN2O2/c1-10-5-6-11(15)8-12(10)16-13(18)9-17-7-3-2-4-14(17)19/h5-6,8H,2-4,7,9H2,1H3,(H,16,18). The van der Waals surface area contributed by atoms with Crippen LogP contribution in [-0.4, -0.2) is 29.8 Å². The maximum atomic E-state index is 13.1. The Bertz CT molecular complexity index is 502. The van der Waals surface area contributed by atoms with Crippen LogP contribution in [0.4, 0.5) is 10.1 Å². The molecule has 0 bridgehead atoms. The van der Waals surface area contributed by atoms with Crippen LogP contribution in [0.3, 0.4) is 0 Å². The Kier molecular flexibility index (Phi) is 4.14. The molecule has 1 heterocycles. The highest BCUT2D eigenvalue weighted by Gasteiger charge is 2.20. The number of hydrogen-bond donors (Lipinski definition) is 1. The first-order valence-electron chi connectivity index (χ1n) is 6.40. The number of likely N-dealkylation sites (tertiary alicyclic amines) is 1. The van der Waals surface area contributed by atoms with Gasteiger partial charge in [-0.3, -0.25) is 9.59 Å². The van der Waals surface area contributed by atoms with E-state index in [1.807, 2.05) is 0 Å². The molecule has 1 fully saturated rings. The number of amides is 2. The maximum absolute atomic E-state index is 13.1. The van der Waals surface area contributed by atoms with Crippen LogP contribution in [0.5, 0.6) is 0 Å². The Morgan fingerprint density at radius 1 is 1.42 bits per heavy atom. The molecule has 5 heteroatoms. The number of halogens is 1. The number of nitrogens with zero attached hydrogens (tertiary/aromatic N) is 1. The van der Waals surface area contributed by atoms with Gasteiger partial charge in [-0.2, -0.15) is 0 Å². The normalized spacial score (nSPS) is 15.5. The van der Waals surface area contributed by atoms with Crippen LogP contribution in [0.15, 0.2) is 18.2 Å². The zero-order valence-electron chi connectivity index (χ0n) is 10.9. The van der Waals surface area contributed by atoms with E-state index >= 15 is 0 Å². The minimum Gasteiger partial charge on any atom is -0.333 e. The molecule has 4 nitrogen and oxygen atoms in total. The third-order valence-corrected chi connectivity index (χ3v) is 3.23. The smallest absolute Gasteiger partial charge is 0.244 e. The molecule has 2 amide bonds. The zero-order chi connectivity index (χ0) is 13.8. The van der Waals surface area contributed by atoms with Crippen LogP contribution in [0.1, 0.15) is 24.8 Å². The van der Waals surface area contributed by atoms with E-state index < -0.39 is 5.82 Å². The molecule has 0 saturated carbocycles. The van der Waals surface area contributed by atoms with Crippen LogP contribution >= 0.6 is 0 Å². The van der Waals surface area contributed by atoms with Crippen LogP contribution in [0.2, 0.25) is 0 Å².